The first-order valence-corrected chi connectivity index (χ1v) is 8.44. The van der Waals surface area contributed by atoms with Crippen molar-refractivity contribution in [3.05, 3.63) is 65.0 Å². The Morgan fingerprint density at radius 3 is 2.62 bits per heavy atom. The van der Waals surface area contributed by atoms with Crippen molar-refractivity contribution in [3.8, 4) is 0 Å². The van der Waals surface area contributed by atoms with Crippen LogP contribution >= 0.6 is 0 Å². The number of hydrogen-bond donors (Lipinski definition) is 1. The molecular weight excluding hydrogens is 335 g/mol. The van der Waals surface area contributed by atoms with Crippen LogP contribution in [0.3, 0.4) is 0 Å². The molecule has 2 aromatic rings. The molecule has 0 aliphatic carbocycles. The highest BCUT2D eigenvalue weighted by atomic mass is 19.1. The minimum atomic E-state index is -0.808. The number of carbonyl (C=O) groups excluding carboxylic acids is 2. The molecule has 136 valence electrons. The first-order valence-electron chi connectivity index (χ1n) is 8.44. The van der Waals surface area contributed by atoms with Crippen molar-refractivity contribution in [1.82, 2.24) is 4.90 Å². The highest BCUT2D eigenvalue weighted by Gasteiger charge is 2.34. The van der Waals surface area contributed by atoms with Gasteiger partial charge in [-0.05, 0) is 37.1 Å². The summed E-state index contributed by atoms with van der Waals surface area (Å²) in [6.45, 7) is 4.12. The van der Waals surface area contributed by atoms with Crippen LogP contribution in [0, 0.1) is 19.7 Å². The van der Waals surface area contributed by atoms with E-state index < -0.39 is 17.8 Å². The lowest BCUT2D eigenvalue weighted by atomic mass is 10.1. The summed E-state index contributed by atoms with van der Waals surface area (Å²) in [7, 11) is 0. The van der Waals surface area contributed by atoms with Crippen LogP contribution in [0.2, 0.25) is 0 Å². The molecule has 0 spiro atoms. The predicted octanol–water partition coefficient (Wildman–Crippen LogP) is 2.81. The Labute approximate surface area is 151 Å². The Morgan fingerprint density at radius 1 is 1.19 bits per heavy atom. The maximum atomic E-state index is 13.9. The number of halogens is 1. The van der Waals surface area contributed by atoms with Crippen molar-refractivity contribution in [3.63, 3.8) is 0 Å². The minimum absolute atomic E-state index is 0.0611. The van der Waals surface area contributed by atoms with Gasteiger partial charge < -0.3 is 15.0 Å². The predicted molar refractivity (Wildman–Crippen MR) is 96.1 cm³/mol. The number of morpholine rings is 1. The SMILES string of the molecule is Cc1ccc(CN2C(=O)COC[C@H]2C(=O)Nc2cc(C)ccc2F)cc1. The van der Waals surface area contributed by atoms with Crippen molar-refractivity contribution in [2.24, 2.45) is 0 Å². The fourth-order valence-electron chi connectivity index (χ4n) is 2.86. The molecule has 1 heterocycles. The number of anilines is 1. The molecule has 1 N–H and O–H groups in total. The molecule has 1 aliphatic heterocycles. The third-order valence-corrected chi connectivity index (χ3v) is 4.35. The van der Waals surface area contributed by atoms with Gasteiger partial charge in [0.15, 0.2) is 0 Å². The van der Waals surface area contributed by atoms with Crippen molar-refractivity contribution >= 4 is 17.5 Å². The zero-order valence-electron chi connectivity index (χ0n) is 14.8. The van der Waals surface area contributed by atoms with E-state index in [1.807, 2.05) is 38.1 Å². The van der Waals surface area contributed by atoms with Gasteiger partial charge in [-0.1, -0.05) is 35.9 Å². The maximum absolute atomic E-state index is 13.9. The van der Waals surface area contributed by atoms with E-state index in [0.29, 0.717) is 6.54 Å². The average molecular weight is 356 g/mol. The van der Waals surface area contributed by atoms with Gasteiger partial charge in [0.05, 0.1) is 12.3 Å². The van der Waals surface area contributed by atoms with Gasteiger partial charge in [-0.25, -0.2) is 4.39 Å². The highest BCUT2D eigenvalue weighted by Crippen LogP contribution is 2.19. The quantitative estimate of drug-likeness (QED) is 0.916. The lowest BCUT2D eigenvalue weighted by Gasteiger charge is -2.34. The van der Waals surface area contributed by atoms with Gasteiger partial charge in [0, 0.05) is 6.54 Å². The first-order chi connectivity index (χ1) is 12.4. The molecule has 0 saturated carbocycles. The Balaban J connectivity index is 1.78. The number of hydrogen-bond acceptors (Lipinski definition) is 3. The fraction of sp³-hybridized carbons (Fsp3) is 0.300. The van der Waals surface area contributed by atoms with Crippen molar-refractivity contribution in [1.29, 1.82) is 0 Å². The Hall–Kier alpha value is -2.73. The van der Waals surface area contributed by atoms with E-state index in [4.69, 9.17) is 4.74 Å². The van der Waals surface area contributed by atoms with Crippen LogP contribution in [-0.4, -0.2) is 36.0 Å². The van der Waals surface area contributed by atoms with Crippen LogP contribution in [-0.2, 0) is 20.9 Å². The molecule has 0 bridgehead atoms. The topological polar surface area (TPSA) is 58.6 Å². The molecule has 0 unspecified atom stereocenters. The van der Waals surface area contributed by atoms with Crippen molar-refractivity contribution in [2.45, 2.75) is 26.4 Å². The van der Waals surface area contributed by atoms with Crippen LogP contribution in [0.25, 0.3) is 0 Å². The second-order valence-electron chi connectivity index (χ2n) is 6.51. The van der Waals surface area contributed by atoms with Gasteiger partial charge in [-0.2, -0.15) is 0 Å². The highest BCUT2D eigenvalue weighted by molar-refractivity contribution is 5.98. The van der Waals surface area contributed by atoms with Gasteiger partial charge >= 0.3 is 0 Å². The zero-order chi connectivity index (χ0) is 18.7. The Kier molecular flexibility index (Phi) is 5.32. The third-order valence-electron chi connectivity index (χ3n) is 4.35. The summed E-state index contributed by atoms with van der Waals surface area (Å²) in [6, 6.07) is 11.4. The standard InChI is InChI=1S/C20H21FN2O3/c1-13-3-6-15(7-4-13)10-23-18(11-26-12-19(23)24)20(25)22-17-9-14(2)5-8-16(17)21/h3-9,18H,10-12H2,1-2H3,(H,22,25)/t18-/m0/s1. The van der Waals surface area contributed by atoms with E-state index in [-0.39, 0.29) is 24.8 Å². The first kappa shape index (κ1) is 18.1. The molecule has 5 nitrogen and oxygen atoms in total. The van der Waals surface area contributed by atoms with Crippen LogP contribution in [0.1, 0.15) is 16.7 Å². The van der Waals surface area contributed by atoms with Gasteiger partial charge in [0.1, 0.15) is 18.5 Å². The molecule has 1 saturated heterocycles. The molecule has 2 aromatic carbocycles. The summed E-state index contributed by atoms with van der Waals surface area (Å²) in [4.78, 5) is 26.5. The van der Waals surface area contributed by atoms with Crippen molar-refractivity contribution in [2.75, 3.05) is 18.5 Å². The molecule has 1 fully saturated rings. The van der Waals surface area contributed by atoms with Gasteiger partial charge in [-0.3, -0.25) is 9.59 Å². The van der Waals surface area contributed by atoms with Crippen LogP contribution < -0.4 is 5.32 Å². The summed E-state index contributed by atoms with van der Waals surface area (Å²) in [5, 5.41) is 2.58. The van der Waals surface area contributed by atoms with Gasteiger partial charge in [-0.15, -0.1) is 0 Å². The second kappa shape index (κ2) is 7.66. The number of rotatable bonds is 4. The molecule has 0 radical (unpaired) electrons. The number of amides is 2. The Morgan fingerprint density at radius 2 is 1.88 bits per heavy atom. The molecule has 1 atom stereocenters. The number of ether oxygens (including phenoxy) is 1. The molecule has 0 aromatic heterocycles. The van der Waals surface area contributed by atoms with E-state index in [1.54, 1.807) is 12.1 Å². The largest absolute Gasteiger partial charge is 0.369 e. The summed E-state index contributed by atoms with van der Waals surface area (Å²) < 4.78 is 19.2. The van der Waals surface area contributed by atoms with Crippen LogP contribution in [0.5, 0.6) is 0 Å². The lowest BCUT2D eigenvalue weighted by molar-refractivity contribution is -0.154. The third kappa shape index (κ3) is 4.08. The molecule has 3 rings (SSSR count). The number of carbonyl (C=O) groups is 2. The van der Waals surface area contributed by atoms with Crippen LogP contribution in [0.15, 0.2) is 42.5 Å². The molecule has 1 aliphatic rings. The van der Waals surface area contributed by atoms with E-state index in [1.165, 1.54) is 11.0 Å². The zero-order valence-corrected chi connectivity index (χ0v) is 14.8. The van der Waals surface area contributed by atoms with E-state index in [2.05, 4.69) is 5.32 Å². The molecule has 2 amide bonds. The normalized spacial score (nSPS) is 17.3. The van der Waals surface area contributed by atoms with Crippen LogP contribution in [0.4, 0.5) is 10.1 Å². The number of nitrogens with one attached hydrogen (secondary N) is 1. The number of nitrogens with zero attached hydrogens (tertiary/aromatic N) is 1. The van der Waals surface area contributed by atoms with Gasteiger partial charge in [0.25, 0.3) is 0 Å². The smallest absolute Gasteiger partial charge is 0.249 e. The monoisotopic (exact) mass is 356 g/mol. The molecule has 6 heteroatoms. The summed E-state index contributed by atoms with van der Waals surface area (Å²) in [6.07, 6.45) is 0. The summed E-state index contributed by atoms with van der Waals surface area (Å²) >= 11 is 0. The molecular formula is C20H21FN2O3. The van der Waals surface area contributed by atoms with E-state index in [9.17, 15) is 14.0 Å². The Bertz CT molecular complexity index is 820. The fourth-order valence-corrected chi connectivity index (χ4v) is 2.86. The average Bonchev–Trinajstić information content (AvgIpc) is 2.61. The van der Waals surface area contributed by atoms with Crippen molar-refractivity contribution < 1.29 is 18.7 Å². The number of aryl methyl sites for hydroxylation is 2. The summed E-state index contributed by atoms with van der Waals surface area (Å²) in [5.41, 5.74) is 2.97. The van der Waals surface area contributed by atoms with E-state index >= 15 is 0 Å². The molecule has 26 heavy (non-hydrogen) atoms. The lowest BCUT2D eigenvalue weighted by Crippen LogP contribution is -2.54. The summed E-state index contributed by atoms with van der Waals surface area (Å²) in [5.74, 6) is -1.24. The second-order valence-corrected chi connectivity index (χ2v) is 6.51. The minimum Gasteiger partial charge on any atom is -0.369 e. The van der Waals surface area contributed by atoms with Gasteiger partial charge in [0.2, 0.25) is 11.8 Å². The maximum Gasteiger partial charge on any atom is 0.249 e. The van der Waals surface area contributed by atoms with E-state index in [0.717, 1.165) is 16.7 Å². The number of benzene rings is 2.